The minimum absolute atomic E-state index is 0.127. The third-order valence-electron chi connectivity index (χ3n) is 3.17. The highest BCUT2D eigenvalue weighted by Crippen LogP contribution is 2.26. The zero-order chi connectivity index (χ0) is 15.1. The van der Waals surface area contributed by atoms with E-state index >= 15 is 0 Å². The highest BCUT2D eigenvalue weighted by atomic mass is 16.5. The fraction of sp³-hybridized carbons (Fsp3) is 0.235. The largest absolute Gasteiger partial charge is 0.489 e. The highest BCUT2D eigenvalue weighted by molar-refractivity contribution is 5.70. The number of hydrogen-bond donors (Lipinski definition) is 1. The summed E-state index contributed by atoms with van der Waals surface area (Å²) in [7, 11) is 1.35. The average molecular weight is 285 g/mol. The summed E-state index contributed by atoms with van der Waals surface area (Å²) in [6, 6.07) is 16.9. The molecule has 0 saturated heterocycles. The van der Waals surface area contributed by atoms with Crippen molar-refractivity contribution < 1.29 is 14.3 Å². The van der Waals surface area contributed by atoms with Crippen LogP contribution in [0.4, 0.5) is 0 Å². The molecular weight excluding hydrogens is 266 g/mol. The number of esters is 1. The number of benzene rings is 2. The van der Waals surface area contributed by atoms with E-state index in [1.54, 1.807) is 0 Å². The summed E-state index contributed by atoms with van der Waals surface area (Å²) >= 11 is 0. The Kier molecular flexibility index (Phi) is 5.35. The molecule has 0 fully saturated rings. The number of hydrogen-bond acceptors (Lipinski definition) is 4. The van der Waals surface area contributed by atoms with E-state index in [2.05, 4.69) is 4.74 Å². The van der Waals surface area contributed by atoms with E-state index in [0.29, 0.717) is 12.4 Å². The van der Waals surface area contributed by atoms with Crippen LogP contribution in [0.2, 0.25) is 0 Å². The van der Waals surface area contributed by atoms with Crippen molar-refractivity contribution in [3.63, 3.8) is 0 Å². The topological polar surface area (TPSA) is 61.5 Å². The lowest BCUT2D eigenvalue weighted by atomic mass is 10.0. The Morgan fingerprint density at radius 1 is 1.10 bits per heavy atom. The van der Waals surface area contributed by atoms with E-state index in [1.165, 1.54) is 7.11 Å². The van der Waals surface area contributed by atoms with Crippen LogP contribution in [0.1, 0.15) is 23.6 Å². The Labute approximate surface area is 124 Å². The lowest BCUT2D eigenvalue weighted by molar-refractivity contribution is -0.141. The minimum Gasteiger partial charge on any atom is -0.489 e. The Balaban J connectivity index is 2.07. The van der Waals surface area contributed by atoms with E-state index in [1.807, 2.05) is 54.6 Å². The fourth-order valence-corrected chi connectivity index (χ4v) is 2.03. The Hall–Kier alpha value is -2.33. The molecule has 2 rings (SSSR count). The van der Waals surface area contributed by atoms with Gasteiger partial charge in [0.15, 0.2) is 0 Å². The molecule has 4 heteroatoms. The SMILES string of the molecule is COC(=O)C[C@@H](N)c1ccccc1OCc1ccccc1. The van der Waals surface area contributed by atoms with Crippen LogP contribution in [0.25, 0.3) is 0 Å². The molecule has 0 spiro atoms. The summed E-state index contributed by atoms with van der Waals surface area (Å²) in [5.74, 6) is 0.359. The number of carbonyl (C=O) groups excluding carboxylic acids is 1. The predicted octanol–water partition coefficient (Wildman–Crippen LogP) is 2.83. The second kappa shape index (κ2) is 7.45. The molecule has 0 aliphatic heterocycles. The molecule has 0 aliphatic carbocycles. The monoisotopic (exact) mass is 285 g/mol. The van der Waals surface area contributed by atoms with Crippen LogP contribution in [0.15, 0.2) is 54.6 Å². The van der Waals surface area contributed by atoms with E-state index in [-0.39, 0.29) is 12.4 Å². The molecule has 0 saturated carbocycles. The maximum atomic E-state index is 11.3. The maximum absolute atomic E-state index is 11.3. The normalized spacial score (nSPS) is 11.7. The number of carbonyl (C=O) groups is 1. The van der Waals surface area contributed by atoms with Gasteiger partial charge in [-0.15, -0.1) is 0 Å². The van der Waals surface area contributed by atoms with Gasteiger partial charge in [-0.3, -0.25) is 4.79 Å². The third-order valence-corrected chi connectivity index (χ3v) is 3.17. The number of para-hydroxylation sites is 1. The number of rotatable bonds is 6. The zero-order valence-corrected chi connectivity index (χ0v) is 12.0. The van der Waals surface area contributed by atoms with Crippen molar-refractivity contribution in [3.05, 3.63) is 65.7 Å². The van der Waals surface area contributed by atoms with Gasteiger partial charge in [0.1, 0.15) is 12.4 Å². The molecule has 4 nitrogen and oxygen atoms in total. The van der Waals surface area contributed by atoms with E-state index in [9.17, 15) is 4.79 Å². The first-order valence-electron chi connectivity index (χ1n) is 6.78. The maximum Gasteiger partial charge on any atom is 0.307 e. The van der Waals surface area contributed by atoms with Gasteiger partial charge in [-0.05, 0) is 11.6 Å². The van der Waals surface area contributed by atoms with Gasteiger partial charge in [0.25, 0.3) is 0 Å². The van der Waals surface area contributed by atoms with Gasteiger partial charge in [-0.25, -0.2) is 0 Å². The summed E-state index contributed by atoms with van der Waals surface area (Å²) in [6.45, 7) is 0.461. The predicted molar refractivity (Wildman–Crippen MR) is 80.8 cm³/mol. The number of nitrogens with two attached hydrogens (primary N) is 1. The highest BCUT2D eigenvalue weighted by Gasteiger charge is 2.16. The first kappa shape index (κ1) is 15.1. The summed E-state index contributed by atoms with van der Waals surface area (Å²) < 4.78 is 10.5. The standard InChI is InChI=1S/C17H19NO3/c1-20-17(19)11-15(18)14-9-5-6-10-16(14)21-12-13-7-3-2-4-8-13/h2-10,15H,11-12,18H2,1H3/t15-/m1/s1. The van der Waals surface area contributed by atoms with Crippen molar-refractivity contribution in [2.45, 2.75) is 19.1 Å². The van der Waals surface area contributed by atoms with Gasteiger partial charge in [-0.2, -0.15) is 0 Å². The molecule has 110 valence electrons. The van der Waals surface area contributed by atoms with Crippen LogP contribution >= 0.6 is 0 Å². The van der Waals surface area contributed by atoms with Crippen molar-refractivity contribution >= 4 is 5.97 Å². The van der Waals surface area contributed by atoms with Crippen molar-refractivity contribution in [3.8, 4) is 5.75 Å². The average Bonchev–Trinajstić information content (AvgIpc) is 2.54. The third kappa shape index (κ3) is 4.33. The fourth-order valence-electron chi connectivity index (χ4n) is 2.03. The van der Waals surface area contributed by atoms with Crippen molar-refractivity contribution in [2.75, 3.05) is 7.11 Å². The van der Waals surface area contributed by atoms with E-state index in [4.69, 9.17) is 10.5 Å². The molecule has 1 atom stereocenters. The summed E-state index contributed by atoms with van der Waals surface area (Å²) in [4.78, 5) is 11.3. The van der Waals surface area contributed by atoms with Crippen molar-refractivity contribution in [1.82, 2.24) is 0 Å². The number of ether oxygens (including phenoxy) is 2. The van der Waals surface area contributed by atoms with E-state index < -0.39 is 6.04 Å². The van der Waals surface area contributed by atoms with Gasteiger partial charge >= 0.3 is 5.97 Å². The van der Waals surface area contributed by atoms with Crippen molar-refractivity contribution in [1.29, 1.82) is 0 Å². The van der Waals surface area contributed by atoms with Crippen LogP contribution in [-0.4, -0.2) is 13.1 Å². The zero-order valence-electron chi connectivity index (χ0n) is 12.0. The van der Waals surface area contributed by atoms with Crippen LogP contribution in [0.5, 0.6) is 5.75 Å². The van der Waals surface area contributed by atoms with Crippen LogP contribution in [-0.2, 0) is 16.1 Å². The first-order chi connectivity index (χ1) is 10.2. The molecule has 0 bridgehead atoms. The number of methoxy groups -OCH3 is 1. The second-order valence-corrected chi connectivity index (χ2v) is 4.70. The smallest absolute Gasteiger partial charge is 0.307 e. The van der Waals surface area contributed by atoms with E-state index in [0.717, 1.165) is 11.1 Å². The Morgan fingerprint density at radius 3 is 2.48 bits per heavy atom. The minimum atomic E-state index is -0.440. The molecule has 0 aromatic heterocycles. The quantitative estimate of drug-likeness (QED) is 0.829. The van der Waals surface area contributed by atoms with Crippen LogP contribution in [0, 0.1) is 0 Å². The molecule has 0 amide bonds. The van der Waals surface area contributed by atoms with Crippen LogP contribution in [0.3, 0.4) is 0 Å². The summed E-state index contributed by atoms with van der Waals surface area (Å²) in [6.07, 6.45) is 0.127. The van der Waals surface area contributed by atoms with Crippen molar-refractivity contribution in [2.24, 2.45) is 5.73 Å². The molecule has 2 N–H and O–H groups in total. The van der Waals surface area contributed by atoms with Gasteiger partial charge in [-0.1, -0.05) is 48.5 Å². The van der Waals surface area contributed by atoms with Crippen LogP contribution < -0.4 is 10.5 Å². The molecule has 0 aliphatic rings. The summed E-state index contributed by atoms with van der Waals surface area (Å²) in [5.41, 5.74) is 7.94. The Bertz CT molecular complexity index is 584. The second-order valence-electron chi connectivity index (χ2n) is 4.70. The van der Waals surface area contributed by atoms with Gasteiger partial charge in [0.05, 0.1) is 13.5 Å². The lowest BCUT2D eigenvalue weighted by Gasteiger charge is -2.16. The molecule has 0 unspecified atom stereocenters. The first-order valence-corrected chi connectivity index (χ1v) is 6.78. The van der Waals surface area contributed by atoms with Gasteiger partial charge in [0.2, 0.25) is 0 Å². The molecular formula is C17H19NO3. The Morgan fingerprint density at radius 2 is 1.76 bits per heavy atom. The molecule has 0 radical (unpaired) electrons. The van der Waals surface area contributed by atoms with Gasteiger partial charge in [0, 0.05) is 11.6 Å². The molecule has 2 aromatic carbocycles. The summed E-state index contributed by atoms with van der Waals surface area (Å²) in [5, 5.41) is 0. The lowest BCUT2D eigenvalue weighted by Crippen LogP contribution is -2.17. The van der Waals surface area contributed by atoms with Gasteiger partial charge < -0.3 is 15.2 Å². The molecule has 0 heterocycles. The molecule has 2 aromatic rings. The molecule has 21 heavy (non-hydrogen) atoms.